The zero-order chi connectivity index (χ0) is 15.9. The molecule has 5 heteroatoms. The molecule has 0 radical (unpaired) electrons. The van der Waals surface area contributed by atoms with Crippen molar-refractivity contribution in [2.75, 3.05) is 7.11 Å². The van der Waals surface area contributed by atoms with Crippen LogP contribution >= 0.6 is 0 Å². The van der Waals surface area contributed by atoms with E-state index in [2.05, 4.69) is 0 Å². The van der Waals surface area contributed by atoms with E-state index in [0.717, 1.165) is 27.9 Å². The lowest BCUT2D eigenvalue weighted by Gasteiger charge is -2.16. The topological polar surface area (TPSA) is 62.2 Å². The number of fused-ring (bicyclic) bond motifs is 1. The van der Waals surface area contributed by atoms with E-state index in [9.17, 15) is 4.79 Å². The first-order valence-corrected chi connectivity index (χ1v) is 7.08. The lowest BCUT2D eigenvalue weighted by atomic mass is 9.98. The average Bonchev–Trinajstić information content (AvgIpc) is 2.78. The van der Waals surface area contributed by atoms with Crippen molar-refractivity contribution in [1.29, 1.82) is 0 Å². The predicted octanol–water partition coefficient (Wildman–Crippen LogP) is 1.93. The van der Waals surface area contributed by atoms with E-state index in [0.29, 0.717) is 0 Å². The number of ether oxygens (including phenoxy) is 1. The Morgan fingerprint density at radius 2 is 1.73 bits per heavy atom. The highest BCUT2D eigenvalue weighted by Gasteiger charge is 2.16. The molecule has 0 bridgehead atoms. The van der Waals surface area contributed by atoms with Crippen molar-refractivity contribution in [2.24, 2.45) is 19.8 Å². The third kappa shape index (κ3) is 2.10. The van der Waals surface area contributed by atoms with Crippen molar-refractivity contribution >= 4 is 11.0 Å². The van der Waals surface area contributed by atoms with Gasteiger partial charge in [0.1, 0.15) is 5.75 Å². The van der Waals surface area contributed by atoms with Gasteiger partial charge in [0.05, 0.1) is 24.2 Å². The maximum Gasteiger partial charge on any atom is 0.328 e. The first kappa shape index (κ1) is 14.4. The number of methoxy groups -OCH3 is 1. The Balaban J connectivity index is 2.14. The van der Waals surface area contributed by atoms with Crippen molar-refractivity contribution in [3.8, 4) is 5.75 Å². The van der Waals surface area contributed by atoms with Crippen LogP contribution in [0.5, 0.6) is 5.75 Å². The number of hydrogen-bond donors (Lipinski definition) is 1. The zero-order valence-electron chi connectivity index (χ0n) is 12.9. The maximum absolute atomic E-state index is 12.0. The minimum atomic E-state index is -0.309. The molecule has 0 spiro atoms. The molecule has 22 heavy (non-hydrogen) atoms. The van der Waals surface area contributed by atoms with Gasteiger partial charge in [0.15, 0.2) is 0 Å². The predicted molar refractivity (Wildman–Crippen MR) is 87.2 cm³/mol. The average molecular weight is 297 g/mol. The van der Waals surface area contributed by atoms with E-state index in [-0.39, 0.29) is 11.7 Å². The second-order valence-corrected chi connectivity index (χ2v) is 5.37. The molecule has 0 aliphatic heterocycles. The summed E-state index contributed by atoms with van der Waals surface area (Å²) >= 11 is 0. The molecule has 0 aliphatic rings. The van der Waals surface area contributed by atoms with Gasteiger partial charge in [-0.2, -0.15) is 0 Å². The number of aromatic nitrogens is 2. The van der Waals surface area contributed by atoms with Gasteiger partial charge in [-0.3, -0.25) is 9.13 Å². The lowest BCUT2D eigenvalue weighted by molar-refractivity contribution is 0.408. The van der Waals surface area contributed by atoms with Crippen LogP contribution in [0.4, 0.5) is 0 Å². The Morgan fingerprint density at radius 1 is 1.05 bits per heavy atom. The molecular formula is C17H19N3O2. The number of rotatable bonds is 3. The first-order chi connectivity index (χ1) is 10.5. The summed E-state index contributed by atoms with van der Waals surface area (Å²) in [5.41, 5.74) is 9.99. The molecule has 3 aromatic rings. The van der Waals surface area contributed by atoms with E-state index >= 15 is 0 Å². The summed E-state index contributed by atoms with van der Waals surface area (Å²) < 4.78 is 8.65. The Kier molecular flexibility index (Phi) is 3.50. The number of hydrogen-bond acceptors (Lipinski definition) is 3. The van der Waals surface area contributed by atoms with Gasteiger partial charge in [0.2, 0.25) is 0 Å². The van der Waals surface area contributed by atoms with Crippen LogP contribution in [-0.4, -0.2) is 16.2 Å². The van der Waals surface area contributed by atoms with Crippen LogP contribution in [0.3, 0.4) is 0 Å². The number of benzene rings is 2. The Labute approximate surface area is 128 Å². The summed E-state index contributed by atoms with van der Waals surface area (Å²) in [7, 11) is 5.17. The number of imidazole rings is 1. The minimum absolute atomic E-state index is 0.0435. The van der Waals surface area contributed by atoms with E-state index in [1.165, 1.54) is 0 Å². The third-order valence-electron chi connectivity index (χ3n) is 4.13. The quantitative estimate of drug-likeness (QED) is 0.803. The molecule has 0 saturated carbocycles. The van der Waals surface area contributed by atoms with Gasteiger partial charge in [-0.05, 0) is 23.8 Å². The molecule has 2 aromatic carbocycles. The molecular weight excluding hydrogens is 278 g/mol. The lowest BCUT2D eigenvalue weighted by Crippen LogP contribution is -2.19. The molecule has 0 fully saturated rings. The van der Waals surface area contributed by atoms with Crippen LogP contribution in [0.15, 0.2) is 47.3 Å². The fraction of sp³-hybridized carbons (Fsp3) is 0.235. The molecule has 1 unspecified atom stereocenters. The van der Waals surface area contributed by atoms with Crippen LogP contribution in [0.2, 0.25) is 0 Å². The fourth-order valence-corrected chi connectivity index (χ4v) is 2.82. The van der Waals surface area contributed by atoms with Crippen LogP contribution < -0.4 is 16.2 Å². The second kappa shape index (κ2) is 5.35. The van der Waals surface area contributed by atoms with Gasteiger partial charge in [0, 0.05) is 19.7 Å². The fourth-order valence-electron chi connectivity index (χ4n) is 2.82. The first-order valence-electron chi connectivity index (χ1n) is 7.08. The maximum atomic E-state index is 12.0. The van der Waals surface area contributed by atoms with Crippen molar-refractivity contribution in [2.45, 2.75) is 6.04 Å². The highest BCUT2D eigenvalue weighted by Crippen LogP contribution is 2.29. The highest BCUT2D eigenvalue weighted by molar-refractivity contribution is 5.77. The van der Waals surface area contributed by atoms with Crippen LogP contribution in [0.1, 0.15) is 17.2 Å². The molecule has 114 valence electrons. The molecule has 0 aliphatic carbocycles. The van der Waals surface area contributed by atoms with Gasteiger partial charge in [-0.25, -0.2) is 4.79 Å². The van der Waals surface area contributed by atoms with E-state index in [1.807, 2.05) is 42.5 Å². The van der Waals surface area contributed by atoms with Crippen molar-refractivity contribution in [1.82, 2.24) is 9.13 Å². The number of nitrogens with two attached hydrogens (primary N) is 1. The Hall–Kier alpha value is -2.53. The molecule has 1 heterocycles. The minimum Gasteiger partial charge on any atom is -0.496 e. The Bertz CT molecular complexity index is 893. The van der Waals surface area contributed by atoms with Gasteiger partial charge in [-0.1, -0.05) is 24.3 Å². The van der Waals surface area contributed by atoms with Crippen LogP contribution in [0.25, 0.3) is 11.0 Å². The molecule has 2 N–H and O–H groups in total. The molecule has 1 aromatic heterocycles. The van der Waals surface area contributed by atoms with Gasteiger partial charge in [0.25, 0.3) is 0 Å². The van der Waals surface area contributed by atoms with Crippen molar-refractivity contribution in [3.05, 3.63) is 64.1 Å². The third-order valence-corrected chi connectivity index (χ3v) is 4.13. The summed E-state index contributed by atoms with van der Waals surface area (Å²) in [6.07, 6.45) is 0. The SMILES string of the molecule is COc1ccccc1C(N)c1ccc2c(c1)n(C)c(=O)n2C. The number of aryl methyl sites for hydroxylation is 2. The highest BCUT2D eigenvalue weighted by atomic mass is 16.5. The standard InChI is InChI=1S/C17H19N3O2/c1-19-13-9-8-11(10-14(13)20(2)17(19)21)16(18)12-6-4-5-7-15(12)22-3/h4-10,16H,18H2,1-3H3. The van der Waals surface area contributed by atoms with E-state index in [4.69, 9.17) is 10.5 Å². The summed E-state index contributed by atoms with van der Waals surface area (Å²) in [5, 5.41) is 0. The van der Waals surface area contributed by atoms with E-state index < -0.39 is 0 Å². The molecule has 1 atom stereocenters. The van der Waals surface area contributed by atoms with E-state index in [1.54, 1.807) is 30.3 Å². The summed E-state index contributed by atoms with van der Waals surface area (Å²) in [4.78, 5) is 12.0. The summed E-state index contributed by atoms with van der Waals surface area (Å²) in [5.74, 6) is 0.761. The largest absolute Gasteiger partial charge is 0.496 e. The summed E-state index contributed by atoms with van der Waals surface area (Å²) in [6.45, 7) is 0. The zero-order valence-corrected chi connectivity index (χ0v) is 12.9. The molecule has 0 saturated heterocycles. The van der Waals surface area contributed by atoms with Gasteiger partial charge >= 0.3 is 5.69 Å². The smallest absolute Gasteiger partial charge is 0.328 e. The second-order valence-electron chi connectivity index (χ2n) is 5.37. The van der Waals surface area contributed by atoms with Crippen LogP contribution in [0, 0.1) is 0 Å². The normalized spacial score (nSPS) is 12.5. The number of para-hydroxylation sites is 1. The van der Waals surface area contributed by atoms with Gasteiger partial charge in [-0.15, -0.1) is 0 Å². The summed E-state index contributed by atoms with van der Waals surface area (Å²) in [6, 6.07) is 13.3. The van der Waals surface area contributed by atoms with Crippen molar-refractivity contribution < 1.29 is 4.74 Å². The Morgan fingerprint density at radius 3 is 2.45 bits per heavy atom. The monoisotopic (exact) mass is 297 g/mol. The van der Waals surface area contributed by atoms with Gasteiger partial charge < -0.3 is 10.5 Å². The number of nitrogens with zero attached hydrogens (tertiary/aromatic N) is 2. The molecule has 5 nitrogen and oxygen atoms in total. The molecule has 0 amide bonds. The van der Waals surface area contributed by atoms with Crippen molar-refractivity contribution in [3.63, 3.8) is 0 Å². The molecule has 3 rings (SSSR count). The van der Waals surface area contributed by atoms with Crippen LogP contribution in [-0.2, 0) is 14.1 Å².